The van der Waals surface area contributed by atoms with Crippen molar-refractivity contribution in [2.45, 2.75) is 45.7 Å². The molecule has 6 heteroatoms. The molecule has 0 spiro atoms. The summed E-state index contributed by atoms with van der Waals surface area (Å²) in [6, 6.07) is 0.580. The van der Waals surface area contributed by atoms with Gasteiger partial charge in [0.2, 0.25) is 0 Å². The highest BCUT2D eigenvalue weighted by Crippen LogP contribution is 2.29. The van der Waals surface area contributed by atoms with Gasteiger partial charge in [0.25, 0.3) is 0 Å². The Hall–Kier alpha value is -1.43. The van der Waals surface area contributed by atoms with Crippen molar-refractivity contribution in [3.63, 3.8) is 0 Å². The lowest BCUT2D eigenvalue weighted by Gasteiger charge is -2.32. The number of rotatable bonds is 5. The van der Waals surface area contributed by atoms with Gasteiger partial charge in [-0.05, 0) is 31.1 Å². The Bertz CT molecular complexity index is 432. The van der Waals surface area contributed by atoms with Crippen LogP contribution in [0.15, 0.2) is 12.4 Å². The molecule has 1 N–H and O–H groups in total. The fraction of sp³-hybridized carbons (Fsp3) is 0.769. The van der Waals surface area contributed by atoms with Crippen LogP contribution in [0.4, 0.5) is 5.69 Å². The van der Waals surface area contributed by atoms with Crippen LogP contribution in [0.2, 0.25) is 0 Å². The first-order valence-electron chi connectivity index (χ1n) is 6.96. The second kappa shape index (κ2) is 6.14. The molecule has 1 aliphatic carbocycles. The molecular weight excluding hydrogens is 244 g/mol. The molecule has 1 heterocycles. The minimum absolute atomic E-state index is 0.0557. The zero-order valence-electron chi connectivity index (χ0n) is 11.6. The van der Waals surface area contributed by atoms with Gasteiger partial charge in [0.05, 0.1) is 11.5 Å². The van der Waals surface area contributed by atoms with Gasteiger partial charge < -0.3 is 5.32 Å². The van der Waals surface area contributed by atoms with Gasteiger partial charge in [0.1, 0.15) is 12.4 Å². The van der Waals surface area contributed by atoms with E-state index < -0.39 is 4.92 Å². The molecule has 0 aliphatic heterocycles. The Kier molecular flexibility index (Phi) is 4.52. The summed E-state index contributed by atoms with van der Waals surface area (Å²) in [5, 5.41) is 18.0. The first-order valence-corrected chi connectivity index (χ1v) is 6.96. The smallest absolute Gasteiger partial charge is 0.306 e. The molecule has 0 radical (unpaired) electrons. The van der Waals surface area contributed by atoms with Crippen LogP contribution in [-0.2, 0) is 6.54 Å². The summed E-state index contributed by atoms with van der Waals surface area (Å²) in [6.45, 7) is 6.12. The van der Waals surface area contributed by atoms with E-state index in [-0.39, 0.29) is 5.69 Å². The van der Waals surface area contributed by atoms with Crippen molar-refractivity contribution in [2.24, 2.45) is 11.8 Å². The van der Waals surface area contributed by atoms with Crippen molar-refractivity contribution in [1.82, 2.24) is 15.1 Å². The summed E-state index contributed by atoms with van der Waals surface area (Å²) in [4.78, 5) is 10.1. The Morgan fingerprint density at radius 3 is 2.89 bits per heavy atom. The maximum atomic E-state index is 10.5. The molecule has 1 aromatic rings. The summed E-state index contributed by atoms with van der Waals surface area (Å²) >= 11 is 0. The Morgan fingerprint density at radius 2 is 2.26 bits per heavy atom. The van der Waals surface area contributed by atoms with Crippen LogP contribution in [0.25, 0.3) is 0 Å². The van der Waals surface area contributed by atoms with Crippen molar-refractivity contribution in [3.05, 3.63) is 22.5 Å². The SMILES string of the molecule is C[C@@H]1CC[C@H](NCCn2cc([N+](=O)[O-])cn2)C[C@H]1C. The molecule has 0 unspecified atom stereocenters. The standard InChI is InChI=1S/C13H22N4O2/c1-10-3-4-12(7-11(10)2)14-5-6-16-9-13(8-15-16)17(18)19/h8-12,14H,3-7H2,1-2H3/t10-,11-,12+/m1/s1. The zero-order chi connectivity index (χ0) is 13.8. The average molecular weight is 266 g/mol. The van der Waals surface area contributed by atoms with Gasteiger partial charge in [0, 0.05) is 12.6 Å². The molecule has 6 nitrogen and oxygen atoms in total. The van der Waals surface area contributed by atoms with Gasteiger partial charge in [0.15, 0.2) is 0 Å². The predicted octanol–water partition coefficient (Wildman–Crippen LogP) is 2.21. The van der Waals surface area contributed by atoms with Crippen LogP contribution in [0.5, 0.6) is 0 Å². The highest BCUT2D eigenvalue weighted by molar-refractivity contribution is 5.20. The van der Waals surface area contributed by atoms with Crippen LogP contribution in [0, 0.1) is 22.0 Å². The van der Waals surface area contributed by atoms with Crippen molar-refractivity contribution in [2.75, 3.05) is 6.54 Å². The number of nitrogens with one attached hydrogen (secondary N) is 1. The molecule has 0 amide bonds. The van der Waals surface area contributed by atoms with Crippen LogP contribution < -0.4 is 5.32 Å². The first kappa shape index (κ1) is 14.0. The molecule has 3 atom stereocenters. The Labute approximate surface area is 113 Å². The van der Waals surface area contributed by atoms with E-state index in [1.165, 1.54) is 31.7 Å². The Morgan fingerprint density at radius 1 is 1.47 bits per heavy atom. The number of nitrogens with zero attached hydrogens (tertiary/aromatic N) is 3. The minimum Gasteiger partial charge on any atom is -0.312 e. The Balaban J connectivity index is 1.72. The van der Waals surface area contributed by atoms with Gasteiger partial charge in [-0.2, -0.15) is 5.10 Å². The molecular formula is C13H22N4O2. The topological polar surface area (TPSA) is 73.0 Å². The third kappa shape index (κ3) is 3.76. The van der Waals surface area contributed by atoms with Gasteiger partial charge in [-0.25, -0.2) is 0 Å². The van der Waals surface area contributed by atoms with Gasteiger partial charge in [-0.15, -0.1) is 0 Å². The fourth-order valence-corrected chi connectivity index (χ4v) is 2.69. The van der Waals surface area contributed by atoms with Crippen LogP contribution in [-0.4, -0.2) is 27.3 Å². The average Bonchev–Trinajstić information content (AvgIpc) is 2.83. The maximum Gasteiger partial charge on any atom is 0.306 e. The normalized spacial score (nSPS) is 27.4. The largest absolute Gasteiger partial charge is 0.312 e. The summed E-state index contributed by atoms with van der Waals surface area (Å²) in [5.41, 5.74) is 0.0557. The monoisotopic (exact) mass is 266 g/mol. The van der Waals surface area contributed by atoms with E-state index in [0.29, 0.717) is 12.6 Å². The second-order valence-electron chi connectivity index (χ2n) is 5.64. The second-order valence-corrected chi connectivity index (χ2v) is 5.64. The van der Waals surface area contributed by atoms with E-state index in [1.807, 2.05) is 0 Å². The lowest BCUT2D eigenvalue weighted by atomic mass is 9.79. The lowest BCUT2D eigenvalue weighted by Crippen LogP contribution is -2.37. The highest BCUT2D eigenvalue weighted by Gasteiger charge is 2.23. The number of hydrogen-bond donors (Lipinski definition) is 1. The molecule has 1 aromatic heterocycles. The third-order valence-corrected chi connectivity index (χ3v) is 4.20. The molecule has 1 saturated carbocycles. The number of nitro groups is 1. The van der Waals surface area contributed by atoms with Gasteiger partial charge >= 0.3 is 5.69 Å². The summed E-state index contributed by atoms with van der Waals surface area (Å²) < 4.78 is 1.63. The lowest BCUT2D eigenvalue weighted by molar-refractivity contribution is -0.385. The van der Waals surface area contributed by atoms with Crippen LogP contribution in [0.3, 0.4) is 0 Å². The number of aromatic nitrogens is 2. The molecule has 19 heavy (non-hydrogen) atoms. The highest BCUT2D eigenvalue weighted by atomic mass is 16.6. The molecule has 0 aromatic carbocycles. The van der Waals surface area contributed by atoms with Gasteiger partial charge in [-0.1, -0.05) is 13.8 Å². The van der Waals surface area contributed by atoms with E-state index in [1.54, 1.807) is 4.68 Å². The molecule has 2 rings (SSSR count). The van der Waals surface area contributed by atoms with Crippen LogP contribution in [0.1, 0.15) is 33.1 Å². The van der Waals surface area contributed by atoms with E-state index in [2.05, 4.69) is 24.3 Å². The summed E-state index contributed by atoms with van der Waals surface area (Å²) in [5.74, 6) is 1.60. The van der Waals surface area contributed by atoms with E-state index in [9.17, 15) is 10.1 Å². The van der Waals surface area contributed by atoms with E-state index >= 15 is 0 Å². The minimum atomic E-state index is -0.416. The maximum absolute atomic E-state index is 10.5. The predicted molar refractivity (Wildman–Crippen MR) is 72.9 cm³/mol. The zero-order valence-corrected chi connectivity index (χ0v) is 11.6. The van der Waals surface area contributed by atoms with E-state index in [4.69, 9.17) is 0 Å². The van der Waals surface area contributed by atoms with Gasteiger partial charge in [-0.3, -0.25) is 14.8 Å². The molecule has 0 saturated heterocycles. The third-order valence-electron chi connectivity index (χ3n) is 4.20. The first-order chi connectivity index (χ1) is 9.06. The summed E-state index contributed by atoms with van der Waals surface area (Å²) in [6.07, 6.45) is 6.51. The number of hydrogen-bond acceptors (Lipinski definition) is 4. The van der Waals surface area contributed by atoms with Crippen molar-refractivity contribution in [3.8, 4) is 0 Å². The van der Waals surface area contributed by atoms with E-state index in [0.717, 1.165) is 18.4 Å². The van der Waals surface area contributed by atoms with Crippen molar-refractivity contribution >= 4 is 5.69 Å². The molecule has 106 valence electrons. The fourth-order valence-electron chi connectivity index (χ4n) is 2.69. The molecule has 0 bridgehead atoms. The molecule has 1 fully saturated rings. The quantitative estimate of drug-likeness (QED) is 0.655. The van der Waals surface area contributed by atoms with Crippen molar-refractivity contribution in [1.29, 1.82) is 0 Å². The molecule has 1 aliphatic rings. The van der Waals surface area contributed by atoms with Crippen LogP contribution >= 0.6 is 0 Å². The van der Waals surface area contributed by atoms with Crippen molar-refractivity contribution < 1.29 is 4.92 Å². The summed E-state index contributed by atoms with van der Waals surface area (Å²) in [7, 11) is 0.